The van der Waals surface area contributed by atoms with Crippen molar-refractivity contribution in [1.82, 2.24) is 9.88 Å². The maximum Gasteiger partial charge on any atom is 0.239 e. The van der Waals surface area contributed by atoms with E-state index in [4.69, 9.17) is 10.2 Å². The van der Waals surface area contributed by atoms with Crippen molar-refractivity contribution in [2.75, 3.05) is 6.54 Å². The van der Waals surface area contributed by atoms with Gasteiger partial charge in [0.2, 0.25) is 11.8 Å². The molecule has 2 N–H and O–H groups in total. The summed E-state index contributed by atoms with van der Waals surface area (Å²) in [4.78, 5) is 17.4. The zero-order valence-electron chi connectivity index (χ0n) is 8.77. The molecule has 0 aromatic carbocycles. The second-order valence-corrected chi connectivity index (χ2v) is 3.87. The van der Waals surface area contributed by atoms with Gasteiger partial charge in [-0.25, -0.2) is 4.98 Å². The maximum atomic E-state index is 11.7. The molecule has 15 heavy (non-hydrogen) atoms. The smallest absolute Gasteiger partial charge is 0.239 e. The number of aromatic nitrogens is 1. The first-order valence-electron chi connectivity index (χ1n) is 5.12. The fourth-order valence-electron chi connectivity index (χ4n) is 1.77. The minimum absolute atomic E-state index is 0.00268. The third kappa shape index (κ3) is 2.18. The van der Waals surface area contributed by atoms with Crippen molar-refractivity contribution in [3.05, 3.63) is 17.8 Å². The molecule has 1 aromatic heterocycles. The molecule has 0 radical (unpaired) electrons. The summed E-state index contributed by atoms with van der Waals surface area (Å²) >= 11 is 0. The summed E-state index contributed by atoms with van der Waals surface area (Å²) < 4.78 is 5.32. The molecule has 1 saturated heterocycles. The first-order valence-corrected chi connectivity index (χ1v) is 5.12. The minimum atomic E-state index is -0.352. The lowest BCUT2D eigenvalue weighted by Crippen LogP contribution is -2.47. The van der Waals surface area contributed by atoms with Crippen molar-refractivity contribution >= 4 is 5.91 Å². The van der Waals surface area contributed by atoms with E-state index in [1.165, 1.54) is 0 Å². The molecule has 1 unspecified atom stereocenters. The summed E-state index contributed by atoms with van der Waals surface area (Å²) in [6, 6.07) is -0.352. The second kappa shape index (κ2) is 4.02. The number of likely N-dealkylation sites (tertiary alicyclic amines) is 1. The van der Waals surface area contributed by atoms with E-state index in [1.807, 2.05) is 6.92 Å². The third-order valence-electron chi connectivity index (χ3n) is 2.57. The average molecular weight is 209 g/mol. The molecule has 2 heterocycles. The van der Waals surface area contributed by atoms with Gasteiger partial charge in [-0.2, -0.15) is 0 Å². The van der Waals surface area contributed by atoms with Gasteiger partial charge in [-0.05, 0) is 19.8 Å². The SMILES string of the molecule is Cc1cnc(CN2CCCC(N)C2=O)o1. The Morgan fingerprint density at radius 2 is 2.53 bits per heavy atom. The number of amides is 1. The topological polar surface area (TPSA) is 72.4 Å². The minimum Gasteiger partial charge on any atom is -0.444 e. The highest BCUT2D eigenvalue weighted by Gasteiger charge is 2.26. The van der Waals surface area contributed by atoms with Gasteiger partial charge in [-0.15, -0.1) is 0 Å². The molecule has 0 saturated carbocycles. The van der Waals surface area contributed by atoms with Crippen LogP contribution in [0.2, 0.25) is 0 Å². The van der Waals surface area contributed by atoms with Crippen LogP contribution in [-0.2, 0) is 11.3 Å². The summed E-state index contributed by atoms with van der Waals surface area (Å²) in [5.74, 6) is 1.34. The Morgan fingerprint density at radius 1 is 1.73 bits per heavy atom. The van der Waals surface area contributed by atoms with Crippen LogP contribution in [0.4, 0.5) is 0 Å². The molecule has 5 heteroatoms. The second-order valence-electron chi connectivity index (χ2n) is 3.87. The number of carbonyl (C=O) groups excluding carboxylic acids is 1. The summed E-state index contributed by atoms with van der Waals surface area (Å²) in [6.45, 7) is 3.01. The average Bonchev–Trinajstić information content (AvgIpc) is 2.59. The van der Waals surface area contributed by atoms with Crippen LogP contribution in [0, 0.1) is 6.92 Å². The normalized spacial score (nSPS) is 22.1. The van der Waals surface area contributed by atoms with Crippen molar-refractivity contribution < 1.29 is 9.21 Å². The van der Waals surface area contributed by atoms with Crippen LogP contribution in [0.25, 0.3) is 0 Å². The Kier molecular flexibility index (Phi) is 2.73. The summed E-state index contributed by atoms with van der Waals surface area (Å²) in [5.41, 5.74) is 5.69. The third-order valence-corrected chi connectivity index (χ3v) is 2.57. The van der Waals surface area contributed by atoms with Crippen LogP contribution in [0.5, 0.6) is 0 Å². The Labute approximate surface area is 88.3 Å². The Bertz CT molecular complexity index is 361. The number of rotatable bonds is 2. The zero-order chi connectivity index (χ0) is 10.8. The summed E-state index contributed by atoms with van der Waals surface area (Å²) in [6.07, 6.45) is 3.39. The standard InChI is InChI=1S/C10H15N3O2/c1-7-5-12-9(15-7)6-13-4-2-3-8(11)10(13)14/h5,8H,2-4,6,11H2,1H3. The number of nitrogens with two attached hydrogens (primary N) is 1. The van der Waals surface area contributed by atoms with E-state index < -0.39 is 0 Å². The predicted molar refractivity (Wildman–Crippen MR) is 53.9 cm³/mol. The van der Waals surface area contributed by atoms with Crippen LogP contribution >= 0.6 is 0 Å². The predicted octanol–water partition coefficient (Wildman–Crippen LogP) is 0.433. The molecule has 1 atom stereocenters. The first-order chi connectivity index (χ1) is 7.16. The van der Waals surface area contributed by atoms with Crippen molar-refractivity contribution in [2.24, 2.45) is 5.73 Å². The molecule has 1 aliphatic heterocycles. The lowest BCUT2D eigenvalue weighted by molar-refractivity contribution is -0.135. The Morgan fingerprint density at radius 3 is 3.20 bits per heavy atom. The van der Waals surface area contributed by atoms with Crippen LogP contribution in [0.15, 0.2) is 10.6 Å². The Balaban J connectivity index is 2.02. The highest BCUT2D eigenvalue weighted by Crippen LogP contribution is 2.13. The van der Waals surface area contributed by atoms with Gasteiger partial charge >= 0.3 is 0 Å². The monoisotopic (exact) mass is 209 g/mol. The van der Waals surface area contributed by atoms with Crippen molar-refractivity contribution in [2.45, 2.75) is 32.4 Å². The van der Waals surface area contributed by atoms with E-state index in [0.717, 1.165) is 25.1 Å². The number of piperidine rings is 1. The van der Waals surface area contributed by atoms with Gasteiger partial charge in [0, 0.05) is 6.54 Å². The van der Waals surface area contributed by atoms with Gasteiger partial charge in [-0.1, -0.05) is 0 Å². The fourth-order valence-corrected chi connectivity index (χ4v) is 1.77. The molecule has 0 aliphatic carbocycles. The number of oxazole rings is 1. The van der Waals surface area contributed by atoms with Crippen molar-refractivity contribution in [3.8, 4) is 0 Å². The molecular weight excluding hydrogens is 194 g/mol. The first kappa shape index (κ1) is 10.2. The van der Waals surface area contributed by atoms with Crippen molar-refractivity contribution in [3.63, 3.8) is 0 Å². The summed E-state index contributed by atoms with van der Waals surface area (Å²) in [5, 5.41) is 0. The maximum absolute atomic E-state index is 11.7. The van der Waals surface area contributed by atoms with E-state index in [9.17, 15) is 4.79 Å². The molecule has 0 spiro atoms. The molecule has 1 aliphatic rings. The van der Waals surface area contributed by atoms with Gasteiger partial charge in [0.25, 0.3) is 0 Å². The van der Waals surface area contributed by atoms with E-state index in [2.05, 4.69) is 4.98 Å². The van der Waals surface area contributed by atoms with Crippen LogP contribution in [-0.4, -0.2) is 28.4 Å². The molecule has 1 amide bonds. The van der Waals surface area contributed by atoms with E-state index in [-0.39, 0.29) is 11.9 Å². The molecular formula is C10H15N3O2. The van der Waals surface area contributed by atoms with Crippen molar-refractivity contribution in [1.29, 1.82) is 0 Å². The lowest BCUT2D eigenvalue weighted by atomic mass is 10.1. The highest BCUT2D eigenvalue weighted by atomic mass is 16.4. The van der Waals surface area contributed by atoms with E-state index >= 15 is 0 Å². The number of carbonyl (C=O) groups is 1. The number of nitrogens with zero attached hydrogens (tertiary/aromatic N) is 2. The molecule has 2 rings (SSSR count). The van der Waals surface area contributed by atoms with Gasteiger partial charge in [0.05, 0.1) is 18.8 Å². The van der Waals surface area contributed by atoms with E-state index in [1.54, 1.807) is 11.1 Å². The van der Waals surface area contributed by atoms with Gasteiger partial charge in [-0.3, -0.25) is 4.79 Å². The largest absolute Gasteiger partial charge is 0.444 e. The number of hydrogen-bond donors (Lipinski definition) is 1. The molecule has 1 fully saturated rings. The fraction of sp³-hybridized carbons (Fsp3) is 0.600. The van der Waals surface area contributed by atoms with Crippen LogP contribution in [0.1, 0.15) is 24.5 Å². The highest BCUT2D eigenvalue weighted by molar-refractivity contribution is 5.82. The van der Waals surface area contributed by atoms with Gasteiger partial charge in [0.1, 0.15) is 5.76 Å². The molecule has 5 nitrogen and oxygen atoms in total. The van der Waals surface area contributed by atoms with Crippen LogP contribution < -0.4 is 5.73 Å². The molecule has 0 bridgehead atoms. The zero-order valence-corrected chi connectivity index (χ0v) is 8.77. The van der Waals surface area contributed by atoms with E-state index in [0.29, 0.717) is 12.4 Å². The van der Waals surface area contributed by atoms with Crippen LogP contribution in [0.3, 0.4) is 0 Å². The molecule has 82 valence electrons. The Hall–Kier alpha value is -1.36. The quantitative estimate of drug-likeness (QED) is 0.766. The molecule has 1 aromatic rings. The van der Waals surface area contributed by atoms with Gasteiger partial charge < -0.3 is 15.1 Å². The van der Waals surface area contributed by atoms with Gasteiger partial charge in [0.15, 0.2) is 0 Å². The number of hydrogen-bond acceptors (Lipinski definition) is 4. The number of aryl methyl sites for hydroxylation is 1. The lowest BCUT2D eigenvalue weighted by Gasteiger charge is -2.29. The summed E-state index contributed by atoms with van der Waals surface area (Å²) in [7, 11) is 0.